The second-order valence-electron chi connectivity index (χ2n) is 5.05. The highest BCUT2D eigenvalue weighted by molar-refractivity contribution is 7.90. The van der Waals surface area contributed by atoms with Crippen LogP contribution >= 0.6 is 11.6 Å². The van der Waals surface area contributed by atoms with Crippen molar-refractivity contribution in [1.82, 2.24) is 0 Å². The van der Waals surface area contributed by atoms with Crippen molar-refractivity contribution in [2.75, 3.05) is 18.7 Å². The van der Waals surface area contributed by atoms with E-state index in [-0.39, 0.29) is 10.5 Å². The Bertz CT molecular complexity index is 862. The van der Waals surface area contributed by atoms with Crippen LogP contribution in [0.15, 0.2) is 41.3 Å². The molecule has 2 aromatic carbocycles. The van der Waals surface area contributed by atoms with Gasteiger partial charge in [0.2, 0.25) is 0 Å². The van der Waals surface area contributed by atoms with Crippen LogP contribution in [0.5, 0.6) is 5.75 Å². The van der Waals surface area contributed by atoms with Gasteiger partial charge in [0, 0.05) is 17.9 Å². The molecule has 23 heavy (non-hydrogen) atoms. The number of carbonyl (C=O) groups excluding carboxylic acids is 1. The molecule has 7 heteroatoms. The lowest BCUT2D eigenvalue weighted by Gasteiger charge is -2.11. The Morgan fingerprint density at radius 3 is 2.43 bits per heavy atom. The van der Waals surface area contributed by atoms with E-state index >= 15 is 0 Å². The summed E-state index contributed by atoms with van der Waals surface area (Å²) < 4.78 is 28.3. The van der Waals surface area contributed by atoms with Crippen molar-refractivity contribution in [1.29, 1.82) is 0 Å². The summed E-state index contributed by atoms with van der Waals surface area (Å²) in [5.74, 6) is 0.142. The summed E-state index contributed by atoms with van der Waals surface area (Å²) in [5, 5.41) is 3.00. The van der Waals surface area contributed by atoms with Gasteiger partial charge in [-0.1, -0.05) is 17.7 Å². The number of ether oxygens (including phenoxy) is 1. The summed E-state index contributed by atoms with van der Waals surface area (Å²) in [7, 11) is -1.87. The zero-order valence-electron chi connectivity index (χ0n) is 12.9. The highest BCUT2D eigenvalue weighted by Crippen LogP contribution is 2.27. The Morgan fingerprint density at radius 1 is 1.17 bits per heavy atom. The summed E-state index contributed by atoms with van der Waals surface area (Å²) >= 11 is 6.09. The molecule has 2 aromatic rings. The Morgan fingerprint density at radius 2 is 1.87 bits per heavy atom. The summed E-state index contributed by atoms with van der Waals surface area (Å²) in [6.07, 6.45) is 1.10. The van der Waals surface area contributed by atoms with Crippen LogP contribution in [0.3, 0.4) is 0 Å². The van der Waals surface area contributed by atoms with Gasteiger partial charge in [0.05, 0.1) is 22.7 Å². The molecule has 0 heterocycles. The molecule has 0 fully saturated rings. The maximum Gasteiger partial charge on any atom is 0.256 e. The molecule has 0 spiro atoms. The average Bonchev–Trinajstić information content (AvgIpc) is 2.48. The number of hydrogen-bond donors (Lipinski definition) is 1. The van der Waals surface area contributed by atoms with Gasteiger partial charge in [0.25, 0.3) is 5.91 Å². The zero-order valence-corrected chi connectivity index (χ0v) is 14.5. The fourth-order valence-corrected chi connectivity index (χ4v) is 2.86. The molecule has 0 unspecified atom stereocenters. The van der Waals surface area contributed by atoms with Gasteiger partial charge >= 0.3 is 0 Å². The predicted octanol–water partition coefficient (Wildman–Crippen LogP) is 3.31. The molecule has 2 rings (SSSR count). The smallest absolute Gasteiger partial charge is 0.256 e. The van der Waals surface area contributed by atoms with E-state index in [1.54, 1.807) is 31.2 Å². The van der Waals surface area contributed by atoms with Gasteiger partial charge in [-0.2, -0.15) is 0 Å². The Kier molecular flexibility index (Phi) is 4.97. The van der Waals surface area contributed by atoms with Crippen LogP contribution in [0.2, 0.25) is 5.02 Å². The van der Waals surface area contributed by atoms with Crippen LogP contribution in [-0.2, 0) is 9.84 Å². The Labute approximate surface area is 140 Å². The number of rotatable bonds is 4. The number of halogens is 1. The average molecular weight is 354 g/mol. The molecular weight excluding hydrogens is 338 g/mol. The molecule has 0 aliphatic rings. The number of hydrogen-bond acceptors (Lipinski definition) is 4. The lowest BCUT2D eigenvalue weighted by atomic mass is 10.1. The number of carbonyl (C=O) groups is 1. The van der Waals surface area contributed by atoms with Crippen molar-refractivity contribution in [3.63, 3.8) is 0 Å². The summed E-state index contributed by atoms with van der Waals surface area (Å²) in [6.45, 7) is 1.73. The lowest BCUT2D eigenvalue weighted by Crippen LogP contribution is -2.14. The molecule has 0 aromatic heterocycles. The Balaban J connectivity index is 2.34. The van der Waals surface area contributed by atoms with Crippen molar-refractivity contribution in [2.45, 2.75) is 11.8 Å². The third-order valence-electron chi connectivity index (χ3n) is 3.31. The number of amides is 1. The van der Waals surface area contributed by atoms with E-state index in [9.17, 15) is 13.2 Å². The van der Waals surface area contributed by atoms with Gasteiger partial charge in [-0.25, -0.2) is 8.42 Å². The van der Waals surface area contributed by atoms with E-state index in [4.69, 9.17) is 16.3 Å². The van der Waals surface area contributed by atoms with Gasteiger partial charge < -0.3 is 10.1 Å². The SMILES string of the molecule is COc1ccc(NC(=O)c2cc(S(C)(=O)=O)ccc2C)c(Cl)c1. The van der Waals surface area contributed by atoms with Crippen LogP contribution in [-0.4, -0.2) is 27.7 Å². The van der Waals surface area contributed by atoms with E-state index in [2.05, 4.69) is 5.32 Å². The van der Waals surface area contributed by atoms with Crippen molar-refractivity contribution >= 4 is 33.0 Å². The highest BCUT2D eigenvalue weighted by atomic mass is 35.5. The monoisotopic (exact) mass is 353 g/mol. The summed E-state index contributed by atoms with van der Waals surface area (Å²) in [4.78, 5) is 12.5. The standard InChI is InChI=1S/C16H16ClNO4S/c1-10-4-6-12(23(3,20)21)9-13(10)16(19)18-15-7-5-11(22-2)8-14(15)17/h4-9H,1-3H3,(H,18,19). The normalized spacial score (nSPS) is 11.1. The highest BCUT2D eigenvalue weighted by Gasteiger charge is 2.15. The van der Waals surface area contributed by atoms with Gasteiger partial charge in [-0.3, -0.25) is 4.79 Å². The van der Waals surface area contributed by atoms with Crippen LogP contribution in [0.25, 0.3) is 0 Å². The van der Waals surface area contributed by atoms with Crippen molar-refractivity contribution in [3.8, 4) is 5.75 Å². The Hall–Kier alpha value is -2.05. The molecule has 122 valence electrons. The third-order valence-corrected chi connectivity index (χ3v) is 4.73. The van der Waals surface area contributed by atoms with Gasteiger partial charge in [0.15, 0.2) is 9.84 Å². The van der Waals surface area contributed by atoms with Crippen molar-refractivity contribution in [2.24, 2.45) is 0 Å². The van der Waals surface area contributed by atoms with Gasteiger partial charge in [-0.15, -0.1) is 0 Å². The van der Waals surface area contributed by atoms with Crippen LogP contribution in [0.1, 0.15) is 15.9 Å². The molecular formula is C16H16ClNO4S. The maximum atomic E-state index is 12.4. The second-order valence-corrected chi connectivity index (χ2v) is 7.47. The molecule has 0 saturated carbocycles. The number of anilines is 1. The minimum atomic E-state index is -3.39. The zero-order chi connectivity index (χ0) is 17.2. The first-order chi connectivity index (χ1) is 10.7. The third kappa shape index (κ3) is 4.03. The quantitative estimate of drug-likeness (QED) is 0.915. The molecule has 0 aliphatic carbocycles. The van der Waals surface area contributed by atoms with E-state index in [1.807, 2.05) is 0 Å². The van der Waals surface area contributed by atoms with E-state index in [0.29, 0.717) is 22.0 Å². The largest absolute Gasteiger partial charge is 0.497 e. The first kappa shape index (κ1) is 17.3. The van der Waals surface area contributed by atoms with E-state index in [1.165, 1.54) is 19.2 Å². The number of sulfone groups is 1. The predicted molar refractivity (Wildman–Crippen MR) is 90.2 cm³/mol. The van der Waals surface area contributed by atoms with Crippen LogP contribution < -0.4 is 10.1 Å². The number of aryl methyl sites for hydroxylation is 1. The van der Waals surface area contributed by atoms with Crippen LogP contribution in [0, 0.1) is 6.92 Å². The summed E-state index contributed by atoms with van der Waals surface area (Å²) in [5.41, 5.74) is 1.36. The van der Waals surface area contributed by atoms with E-state index < -0.39 is 15.7 Å². The molecule has 0 radical (unpaired) electrons. The molecule has 0 atom stereocenters. The fraction of sp³-hybridized carbons (Fsp3) is 0.188. The minimum Gasteiger partial charge on any atom is -0.497 e. The van der Waals surface area contributed by atoms with Crippen molar-refractivity contribution in [3.05, 3.63) is 52.5 Å². The van der Waals surface area contributed by atoms with Gasteiger partial charge in [0.1, 0.15) is 5.75 Å². The molecule has 0 aliphatic heterocycles. The van der Waals surface area contributed by atoms with E-state index in [0.717, 1.165) is 6.26 Å². The molecule has 1 N–H and O–H groups in total. The molecule has 0 saturated heterocycles. The topological polar surface area (TPSA) is 72.5 Å². The van der Waals surface area contributed by atoms with Gasteiger partial charge in [-0.05, 0) is 36.8 Å². The fourth-order valence-electron chi connectivity index (χ4n) is 1.99. The number of methoxy groups -OCH3 is 1. The number of benzene rings is 2. The summed E-state index contributed by atoms with van der Waals surface area (Å²) in [6, 6.07) is 9.30. The minimum absolute atomic E-state index is 0.0917. The molecule has 0 bridgehead atoms. The second kappa shape index (κ2) is 6.60. The van der Waals surface area contributed by atoms with Crippen LogP contribution in [0.4, 0.5) is 5.69 Å². The maximum absolute atomic E-state index is 12.4. The first-order valence-electron chi connectivity index (χ1n) is 6.68. The molecule has 1 amide bonds. The van der Waals surface area contributed by atoms with Crippen molar-refractivity contribution < 1.29 is 17.9 Å². The molecule has 5 nitrogen and oxygen atoms in total. The number of nitrogens with one attached hydrogen (secondary N) is 1. The lowest BCUT2D eigenvalue weighted by molar-refractivity contribution is 0.102. The first-order valence-corrected chi connectivity index (χ1v) is 8.95.